The van der Waals surface area contributed by atoms with E-state index in [1.54, 1.807) is 37.5 Å². The standard InChI is InChI=1S/C13H13NO3/c1-16-12-7-6-11(9-14)10(8-12)4-3-5-13(15)17-2/h3-4,6-8H,5H2,1-2H3. The topological polar surface area (TPSA) is 59.3 Å². The second kappa shape index (κ2) is 6.33. The molecular weight excluding hydrogens is 218 g/mol. The van der Waals surface area contributed by atoms with E-state index >= 15 is 0 Å². The van der Waals surface area contributed by atoms with Gasteiger partial charge >= 0.3 is 5.97 Å². The highest BCUT2D eigenvalue weighted by molar-refractivity contribution is 5.73. The molecule has 0 fully saturated rings. The molecular formula is C13H13NO3. The van der Waals surface area contributed by atoms with Crippen LogP contribution in [0.5, 0.6) is 5.75 Å². The van der Waals surface area contributed by atoms with E-state index in [-0.39, 0.29) is 12.4 Å². The van der Waals surface area contributed by atoms with Crippen LogP contribution in [-0.4, -0.2) is 20.2 Å². The molecule has 88 valence electrons. The summed E-state index contributed by atoms with van der Waals surface area (Å²) in [6.07, 6.45) is 3.54. The molecule has 0 spiro atoms. The maximum absolute atomic E-state index is 10.9. The number of esters is 1. The lowest BCUT2D eigenvalue weighted by Gasteiger charge is -2.02. The lowest BCUT2D eigenvalue weighted by molar-refractivity contribution is -0.139. The molecule has 0 saturated carbocycles. The van der Waals surface area contributed by atoms with Gasteiger partial charge in [0, 0.05) is 0 Å². The zero-order valence-electron chi connectivity index (χ0n) is 9.77. The first-order valence-corrected chi connectivity index (χ1v) is 5.02. The fraction of sp³-hybridized carbons (Fsp3) is 0.231. The molecule has 1 aromatic rings. The SMILES string of the molecule is COC(=O)CC=Cc1cc(OC)ccc1C#N. The number of hydrogen-bond donors (Lipinski definition) is 0. The van der Waals surface area contributed by atoms with Crippen molar-refractivity contribution in [3.8, 4) is 11.8 Å². The van der Waals surface area contributed by atoms with Crippen molar-refractivity contribution in [1.82, 2.24) is 0 Å². The number of carbonyl (C=O) groups is 1. The summed E-state index contributed by atoms with van der Waals surface area (Å²) in [5.74, 6) is 0.351. The molecule has 0 aromatic heterocycles. The number of nitriles is 1. The fourth-order valence-electron chi connectivity index (χ4n) is 1.27. The van der Waals surface area contributed by atoms with Crippen LogP contribution in [0.3, 0.4) is 0 Å². The van der Waals surface area contributed by atoms with E-state index in [2.05, 4.69) is 10.8 Å². The van der Waals surface area contributed by atoms with Crippen LogP contribution >= 0.6 is 0 Å². The molecule has 0 aliphatic heterocycles. The Balaban J connectivity index is 2.88. The normalized spacial score (nSPS) is 9.94. The third kappa shape index (κ3) is 3.65. The van der Waals surface area contributed by atoms with Gasteiger partial charge in [0.2, 0.25) is 0 Å². The van der Waals surface area contributed by atoms with Crippen molar-refractivity contribution in [3.63, 3.8) is 0 Å². The molecule has 0 heterocycles. The smallest absolute Gasteiger partial charge is 0.309 e. The Hall–Kier alpha value is -2.28. The first-order chi connectivity index (χ1) is 8.21. The summed E-state index contributed by atoms with van der Waals surface area (Å²) in [5, 5.41) is 8.92. The third-order valence-corrected chi connectivity index (χ3v) is 2.19. The summed E-state index contributed by atoms with van der Waals surface area (Å²) < 4.78 is 9.58. The molecule has 4 heteroatoms. The molecule has 0 amide bonds. The van der Waals surface area contributed by atoms with Gasteiger partial charge in [-0.05, 0) is 23.8 Å². The monoisotopic (exact) mass is 231 g/mol. The van der Waals surface area contributed by atoms with E-state index in [4.69, 9.17) is 10.00 Å². The summed E-state index contributed by atoms with van der Waals surface area (Å²) in [4.78, 5) is 10.9. The van der Waals surface area contributed by atoms with Gasteiger partial charge in [0.05, 0.1) is 32.3 Å². The van der Waals surface area contributed by atoms with Crippen molar-refractivity contribution in [2.45, 2.75) is 6.42 Å². The van der Waals surface area contributed by atoms with Crippen molar-refractivity contribution in [1.29, 1.82) is 5.26 Å². The summed E-state index contributed by atoms with van der Waals surface area (Å²) >= 11 is 0. The molecule has 1 rings (SSSR count). The summed E-state index contributed by atoms with van der Waals surface area (Å²) in [6.45, 7) is 0. The summed E-state index contributed by atoms with van der Waals surface area (Å²) in [5.41, 5.74) is 1.25. The van der Waals surface area contributed by atoms with Gasteiger partial charge in [-0.2, -0.15) is 5.26 Å². The molecule has 0 aliphatic carbocycles. The van der Waals surface area contributed by atoms with Crippen LogP contribution in [0.2, 0.25) is 0 Å². The highest BCUT2D eigenvalue weighted by Crippen LogP contribution is 2.18. The second-order valence-electron chi connectivity index (χ2n) is 3.25. The first-order valence-electron chi connectivity index (χ1n) is 5.02. The average molecular weight is 231 g/mol. The highest BCUT2D eigenvalue weighted by Gasteiger charge is 2.01. The van der Waals surface area contributed by atoms with E-state index in [9.17, 15) is 4.79 Å². The zero-order chi connectivity index (χ0) is 12.7. The third-order valence-electron chi connectivity index (χ3n) is 2.19. The Morgan fingerprint density at radius 2 is 2.24 bits per heavy atom. The number of benzene rings is 1. The molecule has 0 atom stereocenters. The van der Waals surface area contributed by atoms with Gasteiger partial charge in [-0.15, -0.1) is 0 Å². The minimum absolute atomic E-state index is 0.179. The molecule has 1 aromatic carbocycles. The van der Waals surface area contributed by atoms with Crippen molar-refractivity contribution in [2.75, 3.05) is 14.2 Å². The Morgan fingerprint density at radius 3 is 2.82 bits per heavy atom. The van der Waals surface area contributed by atoms with Crippen LogP contribution < -0.4 is 4.74 Å². The second-order valence-corrected chi connectivity index (χ2v) is 3.25. The number of nitrogens with zero attached hydrogens (tertiary/aromatic N) is 1. The molecule has 17 heavy (non-hydrogen) atoms. The van der Waals surface area contributed by atoms with Crippen molar-refractivity contribution < 1.29 is 14.3 Å². The van der Waals surface area contributed by atoms with E-state index in [0.717, 1.165) is 5.56 Å². The molecule has 0 radical (unpaired) electrons. The Morgan fingerprint density at radius 1 is 1.47 bits per heavy atom. The molecule has 0 bridgehead atoms. The lowest BCUT2D eigenvalue weighted by Crippen LogP contribution is -1.96. The van der Waals surface area contributed by atoms with Gasteiger partial charge in [0.15, 0.2) is 0 Å². The van der Waals surface area contributed by atoms with Gasteiger partial charge in [-0.3, -0.25) is 4.79 Å². The molecule has 0 unspecified atom stereocenters. The number of carbonyl (C=O) groups excluding carboxylic acids is 1. The fourth-order valence-corrected chi connectivity index (χ4v) is 1.27. The van der Waals surface area contributed by atoms with Crippen molar-refractivity contribution in [3.05, 3.63) is 35.4 Å². The van der Waals surface area contributed by atoms with E-state index in [1.165, 1.54) is 7.11 Å². The molecule has 0 aliphatic rings. The molecule has 0 N–H and O–H groups in total. The average Bonchev–Trinajstić information content (AvgIpc) is 2.38. The summed E-state index contributed by atoms with van der Waals surface area (Å²) in [6, 6.07) is 7.21. The largest absolute Gasteiger partial charge is 0.497 e. The highest BCUT2D eigenvalue weighted by atomic mass is 16.5. The van der Waals surface area contributed by atoms with E-state index in [0.29, 0.717) is 11.3 Å². The van der Waals surface area contributed by atoms with Gasteiger partial charge in [0.25, 0.3) is 0 Å². The number of ether oxygens (including phenoxy) is 2. The first kappa shape index (κ1) is 12.8. The van der Waals surface area contributed by atoms with Gasteiger partial charge in [0.1, 0.15) is 5.75 Å². The summed E-state index contributed by atoms with van der Waals surface area (Å²) in [7, 11) is 2.89. The van der Waals surface area contributed by atoms with Crippen LogP contribution in [0.4, 0.5) is 0 Å². The number of hydrogen-bond acceptors (Lipinski definition) is 4. The predicted molar refractivity (Wildman–Crippen MR) is 63.4 cm³/mol. The molecule has 4 nitrogen and oxygen atoms in total. The quantitative estimate of drug-likeness (QED) is 0.745. The van der Waals surface area contributed by atoms with Crippen molar-refractivity contribution in [2.24, 2.45) is 0 Å². The van der Waals surface area contributed by atoms with E-state index < -0.39 is 0 Å². The van der Waals surface area contributed by atoms with Gasteiger partial charge in [-0.25, -0.2) is 0 Å². The van der Waals surface area contributed by atoms with Crippen molar-refractivity contribution >= 4 is 12.0 Å². The predicted octanol–water partition coefficient (Wildman–Crippen LogP) is 2.14. The van der Waals surface area contributed by atoms with Gasteiger partial charge < -0.3 is 9.47 Å². The van der Waals surface area contributed by atoms with E-state index in [1.807, 2.05) is 0 Å². The van der Waals surface area contributed by atoms with Crippen LogP contribution in [-0.2, 0) is 9.53 Å². The Bertz CT molecular complexity index is 472. The van der Waals surface area contributed by atoms with Crippen LogP contribution in [0, 0.1) is 11.3 Å². The Labute approximate surface area is 100 Å². The van der Waals surface area contributed by atoms with Crippen LogP contribution in [0.15, 0.2) is 24.3 Å². The minimum Gasteiger partial charge on any atom is -0.497 e. The Kier molecular flexibility index (Phi) is 4.77. The minimum atomic E-state index is -0.317. The van der Waals surface area contributed by atoms with Crippen LogP contribution in [0.25, 0.3) is 6.08 Å². The number of rotatable bonds is 4. The molecule has 0 saturated heterocycles. The number of methoxy groups -OCH3 is 2. The maximum atomic E-state index is 10.9. The van der Waals surface area contributed by atoms with Gasteiger partial charge in [-0.1, -0.05) is 12.2 Å². The van der Waals surface area contributed by atoms with Crippen LogP contribution in [0.1, 0.15) is 17.5 Å². The lowest BCUT2D eigenvalue weighted by atomic mass is 10.1. The zero-order valence-corrected chi connectivity index (χ0v) is 9.77. The maximum Gasteiger partial charge on any atom is 0.309 e.